The first-order chi connectivity index (χ1) is 14.7. The van der Waals surface area contributed by atoms with Crippen LogP contribution in [0, 0.1) is 0 Å². The Balaban J connectivity index is 1.54. The highest BCUT2D eigenvalue weighted by molar-refractivity contribution is 6.05. The minimum Gasteiger partial charge on any atom is -0.545 e. The van der Waals surface area contributed by atoms with E-state index in [1.807, 2.05) is 24.3 Å². The molecule has 2 heterocycles. The number of para-hydroxylation sites is 1. The zero-order chi connectivity index (χ0) is 20.5. The molecule has 1 fully saturated rings. The third kappa shape index (κ3) is 3.47. The molecule has 1 aliphatic heterocycles. The third-order valence-corrected chi connectivity index (χ3v) is 6.33. The number of nitrogens with zero attached hydrogens (tertiary/aromatic N) is 2. The molecule has 152 valence electrons. The monoisotopic (exact) mass is 397 g/mol. The summed E-state index contributed by atoms with van der Waals surface area (Å²) in [4.78, 5) is 19.3. The fourth-order valence-electron chi connectivity index (χ4n) is 4.84. The first kappa shape index (κ1) is 18.9. The van der Waals surface area contributed by atoms with Crippen LogP contribution in [-0.4, -0.2) is 24.0 Å². The van der Waals surface area contributed by atoms with Crippen molar-refractivity contribution >= 4 is 34.2 Å². The van der Waals surface area contributed by atoms with Gasteiger partial charge in [0.05, 0.1) is 17.2 Å². The molecule has 0 bridgehead atoms. The van der Waals surface area contributed by atoms with Crippen molar-refractivity contribution < 1.29 is 9.90 Å². The van der Waals surface area contributed by atoms with Crippen LogP contribution in [0.4, 0.5) is 5.69 Å². The van der Waals surface area contributed by atoms with Crippen LogP contribution >= 0.6 is 0 Å². The largest absolute Gasteiger partial charge is 0.545 e. The molecule has 0 atom stereocenters. The Bertz CT molecular complexity index is 1130. The van der Waals surface area contributed by atoms with Gasteiger partial charge in [-0.25, -0.2) is 4.98 Å². The van der Waals surface area contributed by atoms with E-state index in [9.17, 15) is 9.90 Å². The van der Waals surface area contributed by atoms with E-state index in [1.165, 1.54) is 24.9 Å². The van der Waals surface area contributed by atoms with Gasteiger partial charge in [0.1, 0.15) is 0 Å². The van der Waals surface area contributed by atoms with Gasteiger partial charge in [-0.2, -0.15) is 0 Å². The van der Waals surface area contributed by atoms with Gasteiger partial charge in [-0.1, -0.05) is 30.3 Å². The van der Waals surface area contributed by atoms with Crippen molar-refractivity contribution in [3.63, 3.8) is 0 Å². The molecule has 0 amide bonds. The van der Waals surface area contributed by atoms with Crippen LogP contribution in [0.5, 0.6) is 0 Å². The summed E-state index contributed by atoms with van der Waals surface area (Å²) in [5.41, 5.74) is 6.17. The first-order valence-corrected chi connectivity index (χ1v) is 10.9. The van der Waals surface area contributed by atoms with E-state index < -0.39 is 5.97 Å². The maximum Gasteiger partial charge on any atom is 0.0725 e. The van der Waals surface area contributed by atoms with Crippen molar-refractivity contribution in [3.05, 3.63) is 70.9 Å². The first-order valence-electron chi connectivity index (χ1n) is 10.9. The number of anilines is 1. The number of carbonyl (C=O) groups is 1. The Labute approximate surface area is 176 Å². The van der Waals surface area contributed by atoms with Gasteiger partial charge in [0.15, 0.2) is 0 Å². The van der Waals surface area contributed by atoms with Crippen molar-refractivity contribution in [2.45, 2.75) is 38.5 Å². The van der Waals surface area contributed by atoms with Crippen LogP contribution in [0.1, 0.15) is 59.3 Å². The smallest absolute Gasteiger partial charge is 0.0725 e. The average Bonchev–Trinajstić information content (AvgIpc) is 2.79. The number of carboxylic acids is 1. The molecule has 1 saturated heterocycles. The van der Waals surface area contributed by atoms with Crippen LogP contribution < -0.4 is 10.0 Å². The second-order valence-electron chi connectivity index (χ2n) is 8.28. The van der Waals surface area contributed by atoms with Crippen LogP contribution in [0.25, 0.3) is 22.6 Å². The van der Waals surface area contributed by atoms with Crippen LogP contribution in [0.15, 0.2) is 48.5 Å². The second kappa shape index (κ2) is 7.94. The molecule has 2 aromatic carbocycles. The van der Waals surface area contributed by atoms with Crippen LogP contribution in [0.2, 0.25) is 0 Å². The summed E-state index contributed by atoms with van der Waals surface area (Å²) in [5.74, 6) is -1.11. The molecule has 4 heteroatoms. The number of allylic oxidation sites excluding steroid dienone is 1. The lowest BCUT2D eigenvalue weighted by Crippen LogP contribution is -2.29. The lowest BCUT2D eigenvalue weighted by molar-refractivity contribution is -0.254. The number of rotatable bonds is 3. The Morgan fingerprint density at radius 3 is 2.47 bits per heavy atom. The summed E-state index contributed by atoms with van der Waals surface area (Å²) >= 11 is 0. The predicted molar refractivity (Wildman–Crippen MR) is 119 cm³/mol. The standard InChI is InChI=1S/C26H26N2O2/c29-26(30)24-21-8-2-3-10-23(21)27-25-19(7-6-9-22(24)25)17-18-11-13-20(14-12-18)28-15-4-1-5-16-28/h2-3,8,10-14,17H,1,4-7,9,15-16H2,(H,29,30)/p-1/b19-17+. The summed E-state index contributed by atoms with van der Waals surface area (Å²) in [5, 5.41) is 12.6. The second-order valence-corrected chi connectivity index (χ2v) is 8.28. The van der Waals surface area contributed by atoms with E-state index in [2.05, 4.69) is 35.2 Å². The summed E-state index contributed by atoms with van der Waals surface area (Å²) in [7, 11) is 0. The molecule has 0 unspecified atom stereocenters. The van der Waals surface area contributed by atoms with Crippen molar-refractivity contribution in [1.29, 1.82) is 0 Å². The highest BCUT2D eigenvalue weighted by atomic mass is 16.4. The highest BCUT2D eigenvalue weighted by Gasteiger charge is 2.22. The van der Waals surface area contributed by atoms with Gasteiger partial charge in [-0.05, 0) is 79.5 Å². The van der Waals surface area contributed by atoms with Gasteiger partial charge >= 0.3 is 0 Å². The van der Waals surface area contributed by atoms with Gasteiger partial charge in [0.25, 0.3) is 0 Å². The zero-order valence-corrected chi connectivity index (χ0v) is 17.1. The van der Waals surface area contributed by atoms with Gasteiger partial charge in [0, 0.05) is 29.7 Å². The summed E-state index contributed by atoms with van der Waals surface area (Å²) in [6.07, 6.45) is 8.58. The Hall–Kier alpha value is -3.14. The zero-order valence-electron chi connectivity index (χ0n) is 17.1. The highest BCUT2D eigenvalue weighted by Crippen LogP contribution is 2.36. The Morgan fingerprint density at radius 1 is 0.933 bits per heavy atom. The number of carboxylic acid groups (broad SMARTS) is 1. The lowest BCUT2D eigenvalue weighted by atomic mass is 9.86. The minimum absolute atomic E-state index is 0.307. The predicted octanol–water partition coefficient (Wildman–Crippen LogP) is 4.47. The van der Waals surface area contributed by atoms with Gasteiger partial charge in [-0.15, -0.1) is 0 Å². The maximum atomic E-state index is 12.0. The number of benzene rings is 2. The fourth-order valence-corrected chi connectivity index (χ4v) is 4.84. The van der Waals surface area contributed by atoms with Crippen molar-refractivity contribution in [3.8, 4) is 0 Å². The number of hydrogen-bond donors (Lipinski definition) is 0. The Morgan fingerprint density at radius 2 is 1.70 bits per heavy atom. The molecule has 30 heavy (non-hydrogen) atoms. The summed E-state index contributed by atoms with van der Waals surface area (Å²) in [6, 6.07) is 16.2. The number of aromatic nitrogens is 1. The minimum atomic E-state index is -1.11. The molecule has 0 N–H and O–H groups in total. The number of aromatic carboxylic acids is 1. The molecule has 1 aliphatic carbocycles. The normalized spacial score (nSPS) is 17.9. The average molecular weight is 397 g/mol. The quantitative estimate of drug-likeness (QED) is 0.655. The number of pyridine rings is 1. The molecule has 0 radical (unpaired) electrons. The van der Waals surface area contributed by atoms with E-state index >= 15 is 0 Å². The molecule has 0 saturated carbocycles. The van der Waals surface area contributed by atoms with Crippen molar-refractivity contribution in [2.75, 3.05) is 18.0 Å². The number of fused-ring (bicyclic) bond motifs is 2. The third-order valence-electron chi connectivity index (χ3n) is 6.33. The van der Waals surface area contributed by atoms with E-state index in [-0.39, 0.29) is 0 Å². The maximum absolute atomic E-state index is 12.0. The SMILES string of the molecule is O=C([O-])c1c2c(nc3ccccc13)/C(=C/c1ccc(N3CCCCC3)cc1)CCC2. The van der Waals surface area contributed by atoms with Crippen LogP contribution in [-0.2, 0) is 6.42 Å². The lowest BCUT2D eigenvalue weighted by Gasteiger charge is -2.28. The molecule has 1 aromatic heterocycles. The van der Waals surface area contributed by atoms with Gasteiger partial charge in [-0.3, -0.25) is 0 Å². The molecule has 0 spiro atoms. The molecular formula is C26H25N2O2-. The van der Waals surface area contributed by atoms with Crippen LogP contribution in [0.3, 0.4) is 0 Å². The molecule has 2 aliphatic rings. The molecule has 4 nitrogen and oxygen atoms in total. The number of hydrogen-bond acceptors (Lipinski definition) is 4. The number of carbonyl (C=O) groups excluding carboxylic acids is 1. The summed E-state index contributed by atoms with van der Waals surface area (Å²) in [6.45, 7) is 2.27. The van der Waals surface area contributed by atoms with Crippen molar-refractivity contribution in [2.24, 2.45) is 0 Å². The van der Waals surface area contributed by atoms with Gasteiger partial charge < -0.3 is 14.8 Å². The Kier molecular flexibility index (Phi) is 4.99. The topological polar surface area (TPSA) is 56.3 Å². The van der Waals surface area contributed by atoms with Crippen molar-refractivity contribution in [1.82, 2.24) is 4.98 Å². The fraction of sp³-hybridized carbons (Fsp3) is 0.308. The molecular weight excluding hydrogens is 372 g/mol. The van der Waals surface area contributed by atoms with E-state index in [0.29, 0.717) is 16.5 Å². The summed E-state index contributed by atoms with van der Waals surface area (Å²) < 4.78 is 0. The number of piperidine rings is 1. The van der Waals surface area contributed by atoms with E-state index in [1.54, 1.807) is 0 Å². The molecule has 3 aromatic rings. The van der Waals surface area contributed by atoms with E-state index in [0.717, 1.165) is 54.7 Å². The van der Waals surface area contributed by atoms with Gasteiger partial charge in [0.2, 0.25) is 0 Å². The van der Waals surface area contributed by atoms with E-state index in [4.69, 9.17) is 4.98 Å². The molecule has 5 rings (SSSR count).